The molecular formula is C30H40FN3O6. The molecule has 1 aliphatic heterocycles. The van der Waals surface area contributed by atoms with Crippen molar-refractivity contribution in [1.82, 2.24) is 4.90 Å². The molecule has 10 heteroatoms. The highest BCUT2D eigenvalue weighted by Crippen LogP contribution is 2.41. The summed E-state index contributed by atoms with van der Waals surface area (Å²) in [4.78, 5) is 29.0. The van der Waals surface area contributed by atoms with Gasteiger partial charge in [-0.15, -0.1) is 0 Å². The Morgan fingerprint density at radius 2 is 1.68 bits per heavy atom. The number of anilines is 1. The van der Waals surface area contributed by atoms with Crippen LogP contribution in [0.3, 0.4) is 0 Å². The standard InChI is InChI=1S/C30H40FN3O6/c1-9-37-23-14-19-15-34(29(32)25(19)26(31)28(23)39-11-3)16-22(35)18-12-20(30(4,5)6)27(21(13-18)33(7)8)40-17-24(36)38-10-2/h12-14,32H,9-11,15-17H2,1-8H3. The number of hydrogen-bond donors (Lipinski definition) is 1. The number of carbonyl (C=O) groups excluding carboxylic acids is 2. The van der Waals surface area contributed by atoms with Gasteiger partial charge in [0.2, 0.25) is 0 Å². The number of esters is 1. The van der Waals surface area contributed by atoms with E-state index in [1.807, 2.05) is 39.8 Å². The maximum atomic E-state index is 15.5. The molecule has 0 amide bonds. The Balaban J connectivity index is 1.95. The molecule has 0 unspecified atom stereocenters. The highest BCUT2D eigenvalue weighted by molar-refractivity contribution is 6.06. The Bertz CT molecular complexity index is 1290. The number of nitrogens with one attached hydrogen (secondary N) is 1. The molecule has 2 aromatic rings. The van der Waals surface area contributed by atoms with Crippen LogP contribution < -0.4 is 19.1 Å². The predicted octanol–water partition coefficient (Wildman–Crippen LogP) is 4.95. The van der Waals surface area contributed by atoms with E-state index in [2.05, 4.69) is 0 Å². The first-order valence-electron chi connectivity index (χ1n) is 13.5. The van der Waals surface area contributed by atoms with Crippen LogP contribution in [-0.2, 0) is 21.5 Å². The lowest BCUT2D eigenvalue weighted by atomic mass is 9.84. The Morgan fingerprint density at radius 1 is 1.00 bits per heavy atom. The van der Waals surface area contributed by atoms with Crippen molar-refractivity contribution in [3.63, 3.8) is 0 Å². The lowest BCUT2D eigenvalue weighted by Gasteiger charge is -2.28. The summed E-state index contributed by atoms with van der Waals surface area (Å²) in [5.41, 5.74) is 2.07. The Hall–Kier alpha value is -3.82. The molecule has 0 bridgehead atoms. The zero-order valence-corrected chi connectivity index (χ0v) is 24.7. The van der Waals surface area contributed by atoms with Crippen LogP contribution in [0.5, 0.6) is 17.2 Å². The number of benzene rings is 2. The van der Waals surface area contributed by atoms with Crippen LogP contribution in [0, 0.1) is 11.2 Å². The normalized spacial score (nSPS) is 12.7. The maximum Gasteiger partial charge on any atom is 0.344 e. The number of ketones is 1. The predicted molar refractivity (Wildman–Crippen MR) is 152 cm³/mol. The van der Waals surface area contributed by atoms with Crippen molar-refractivity contribution < 1.29 is 32.9 Å². The van der Waals surface area contributed by atoms with Crippen molar-refractivity contribution in [3.8, 4) is 17.2 Å². The summed E-state index contributed by atoms with van der Waals surface area (Å²) in [5.74, 6) is -0.697. The summed E-state index contributed by atoms with van der Waals surface area (Å²) in [6.07, 6.45) is 0. The largest absolute Gasteiger partial charge is 0.490 e. The zero-order valence-electron chi connectivity index (χ0n) is 24.7. The summed E-state index contributed by atoms with van der Waals surface area (Å²) in [5, 5.41) is 8.67. The molecule has 0 saturated carbocycles. The van der Waals surface area contributed by atoms with E-state index >= 15 is 4.39 Å². The molecule has 0 fully saturated rings. The second-order valence-electron chi connectivity index (χ2n) is 10.7. The molecule has 9 nitrogen and oxygen atoms in total. The van der Waals surface area contributed by atoms with Crippen LogP contribution >= 0.6 is 0 Å². The molecule has 0 atom stereocenters. The van der Waals surface area contributed by atoms with Gasteiger partial charge in [-0.25, -0.2) is 9.18 Å². The van der Waals surface area contributed by atoms with Gasteiger partial charge in [0.15, 0.2) is 29.7 Å². The van der Waals surface area contributed by atoms with Gasteiger partial charge < -0.3 is 28.7 Å². The van der Waals surface area contributed by atoms with Crippen molar-refractivity contribution in [2.45, 2.75) is 53.5 Å². The molecule has 40 heavy (non-hydrogen) atoms. The minimum absolute atomic E-state index is 0.0233. The zero-order chi connectivity index (χ0) is 29.8. The number of halogens is 1. The van der Waals surface area contributed by atoms with Crippen molar-refractivity contribution >= 4 is 23.3 Å². The highest BCUT2D eigenvalue weighted by Gasteiger charge is 2.34. The van der Waals surface area contributed by atoms with Crippen molar-refractivity contribution in [3.05, 3.63) is 46.3 Å². The molecule has 0 radical (unpaired) electrons. The molecule has 0 aromatic heterocycles. The smallest absolute Gasteiger partial charge is 0.344 e. The molecule has 0 saturated heterocycles. The minimum Gasteiger partial charge on any atom is -0.490 e. The quantitative estimate of drug-likeness (QED) is 0.289. The highest BCUT2D eigenvalue weighted by atomic mass is 19.1. The van der Waals surface area contributed by atoms with E-state index in [0.717, 1.165) is 5.56 Å². The topological polar surface area (TPSA) is 101 Å². The molecule has 218 valence electrons. The van der Waals surface area contributed by atoms with Gasteiger partial charge in [0.05, 0.1) is 37.6 Å². The van der Waals surface area contributed by atoms with Crippen LogP contribution in [-0.4, -0.2) is 69.6 Å². The average molecular weight is 558 g/mol. The van der Waals surface area contributed by atoms with Gasteiger partial charge in [-0.05, 0) is 49.9 Å². The van der Waals surface area contributed by atoms with E-state index in [4.69, 9.17) is 24.4 Å². The SMILES string of the molecule is CCOC(=O)COc1c(N(C)C)cc(C(=O)CN2Cc3cc(OCC)c(OCC)c(F)c3C2=N)cc1C(C)(C)C. The molecule has 0 spiro atoms. The monoisotopic (exact) mass is 557 g/mol. The average Bonchev–Trinajstić information content (AvgIpc) is 3.18. The Labute approximate surface area is 235 Å². The minimum atomic E-state index is -0.657. The molecule has 1 heterocycles. The lowest BCUT2D eigenvalue weighted by Crippen LogP contribution is -2.31. The van der Waals surface area contributed by atoms with E-state index in [0.29, 0.717) is 29.2 Å². The summed E-state index contributed by atoms with van der Waals surface area (Å²) >= 11 is 0. The van der Waals surface area contributed by atoms with Crippen LogP contribution in [0.4, 0.5) is 10.1 Å². The fraction of sp³-hybridized carbons (Fsp3) is 0.500. The molecule has 3 rings (SSSR count). The van der Waals surface area contributed by atoms with Gasteiger partial charge in [-0.2, -0.15) is 0 Å². The number of Topliss-reactive ketones (excluding diaryl/α,β-unsaturated/α-hetero) is 1. The number of hydrogen-bond acceptors (Lipinski definition) is 8. The van der Waals surface area contributed by atoms with Crippen LogP contribution in [0.2, 0.25) is 0 Å². The van der Waals surface area contributed by atoms with Crippen LogP contribution in [0.1, 0.15) is 68.6 Å². The maximum absolute atomic E-state index is 15.5. The first kappa shape index (κ1) is 30.7. The van der Waals surface area contributed by atoms with Crippen molar-refractivity contribution in [2.24, 2.45) is 0 Å². The Kier molecular flexibility index (Phi) is 9.65. The molecular weight excluding hydrogens is 517 g/mol. The second kappa shape index (κ2) is 12.6. The number of ether oxygens (including phenoxy) is 4. The van der Waals surface area contributed by atoms with E-state index in [9.17, 15) is 9.59 Å². The van der Waals surface area contributed by atoms with Gasteiger partial charge in [-0.1, -0.05) is 20.8 Å². The van der Waals surface area contributed by atoms with E-state index in [1.165, 1.54) is 0 Å². The second-order valence-corrected chi connectivity index (χ2v) is 10.7. The van der Waals surface area contributed by atoms with Crippen molar-refractivity contribution in [2.75, 3.05) is 52.0 Å². The summed E-state index contributed by atoms with van der Waals surface area (Å²) in [6.45, 7) is 11.9. The third-order valence-corrected chi connectivity index (χ3v) is 6.43. The summed E-state index contributed by atoms with van der Waals surface area (Å²) < 4.78 is 37.5. The van der Waals surface area contributed by atoms with E-state index in [1.54, 1.807) is 43.9 Å². The lowest BCUT2D eigenvalue weighted by molar-refractivity contribution is -0.145. The number of nitrogens with zero attached hydrogens (tertiary/aromatic N) is 2. The number of fused-ring (bicyclic) bond motifs is 1. The number of amidine groups is 1. The molecule has 2 aromatic carbocycles. The first-order valence-corrected chi connectivity index (χ1v) is 13.5. The third-order valence-electron chi connectivity index (χ3n) is 6.43. The number of rotatable bonds is 12. The van der Waals surface area contributed by atoms with E-state index in [-0.39, 0.29) is 61.6 Å². The molecule has 1 aliphatic rings. The summed E-state index contributed by atoms with van der Waals surface area (Å²) in [7, 11) is 3.66. The van der Waals surface area contributed by atoms with Crippen molar-refractivity contribution in [1.29, 1.82) is 5.41 Å². The van der Waals surface area contributed by atoms with E-state index < -0.39 is 17.2 Å². The first-order chi connectivity index (χ1) is 18.8. The fourth-order valence-electron chi connectivity index (χ4n) is 4.57. The van der Waals surface area contributed by atoms with Crippen LogP contribution in [0.25, 0.3) is 0 Å². The van der Waals surface area contributed by atoms with Crippen LogP contribution in [0.15, 0.2) is 18.2 Å². The van der Waals surface area contributed by atoms with Gasteiger partial charge >= 0.3 is 5.97 Å². The fourth-order valence-corrected chi connectivity index (χ4v) is 4.57. The third kappa shape index (κ3) is 6.48. The van der Waals surface area contributed by atoms with Gasteiger partial charge in [0.25, 0.3) is 0 Å². The number of carbonyl (C=O) groups is 2. The van der Waals surface area contributed by atoms with Gasteiger partial charge in [-0.3, -0.25) is 10.2 Å². The van der Waals surface area contributed by atoms with Gasteiger partial charge in [0, 0.05) is 31.8 Å². The molecule has 1 N–H and O–H groups in total. The summed E-state index contributed by atoms with van der Waals surface area (Å²) in [6, 6.07) is 5.17. The Morgan fingerprint density at radius 3 is 2.25 bits per heavy atom. The van der Waals surface area contributed by atoms with Gasteiger partial charge in [0.1, 0.15) is 11.6 Å². The molecule has 0 aliphatic carbocycles.